The van der Waals surface area contributed by atoms with Gasteiger partial charge in [0, 0.05) is 0 Å². The first-order valence-corrected chi connectivity index (χ1v) is 5.09. The lowest BCUT2D eigenvalue weighted by atomic mass is 10.0. The van der Waals surface area contributed by atoms with Crippen LogP contribution in [0.2, 0.25) is 0 Å². The summed E-state index contributed by atoms with van der Waals surface area (Å²) >= 11 is 12.0. The Hall–Kier alpha value is 0.01000. The lowest BCUT2D eigenvalue weighted by molar-refractivity contribution is -0.133. The minimum atomic E-state index is -0.811. The summed E-state index contributed by atoms with van der Waals surface area (Å²) in [5.74, 6) is 0.0833. The highest BCUT2D eigenvalue weighted by Crippen LogP contribution is 2.70. The SMILES string of the molecule is O=C1N2COCC2CC12CC2(Cl)Cl. The Morgan fingerprint density at radius 3 is 2.77 bits per heavy atom. The number of halogens is 2. The van der Waals surface area contributed by atoms with Gasteiger partial charge in [-0.05, 0) is 12.8 Å². The molecule has 3 aliphatic rings. The van der Waals surface area contributed by atoms with Crippen LogP contribution in [-0.4, -0.2) is 34.5 Å². The van der Waals surface area contributed by atoms with Gasteiger partial charge in [0.15, 0.2) is 0 Å². The van der Waals surface area contributed by atoms with Gasteiger partial charge < -0.3 is 9.64 Å². The van der Waals surface area contributed by atoms with Crippen LogP contribution in [0.3, 0.4) is 0 Å². The van der Waals surface area contributed by atoms with Crippen molar-refractivity contribution in [2.75, 3.05) is 13.3 Å². The molecule has 1 aliphatic carbocycles. The predicted octanol–water partition coefficient (Wildman–Crippen LogP) is 1.14. The molecule has 1 spiro atoms. The summed E-state index contributed by atoms with van der Waals surface area (Å²) in [5, 5.41) is 0. The summed E-state index contributed by atoms with van der Waals surface area (Å²) < 4.78 is 4.38. The van der Waals surface area contributed by atoms with Crippen LogP contribution in [0.1, 0.15) is 12.8 Å². The maximum atomic E-state index is 11.9. The molecular formula is C8H9Cl2NO2. The number of alkyl halides is 2. The van der Waals surface area contributed by atoms with E-state index in [2.05, 4.69) is 0 Å². The van der Waals surface area contributed by atoms with Crippen molar-refractivity contribution in [3.63, 3.8) is 0 Å². The molecule has 0 radical (unpaired) electrons. The highest BCUT2D eigenvalue weighted by molar-refractivity contribution is 6.53. The largest absolute Gasteiger partial charge is 0.359 e. The number of hydrogen-bond acceptors (Lipinski definition) is 2. The van der Waals surface area contributed by atoms with E-state index < -0.39 is 9.75 Å². The number of ether oxygens (including phenoxy) is 1. The molecular weight excluding hydrogens is 213 g/mol. The van der Waals surface area contributed by atoms with Gasteiger partial charge in [-0.3, -0.25) is 4.79 Å². The summed E-state index contributed by atoms with van der Waals surface area (Å²) in [4.78, 5) is 13.6. The monoisotopic (exact) mass is 221 g/mol. The molecule has 0 N–H and O–H groups in total. The first-order valence-electron chi connectivity index (χ1n) is 4.33. The zero-order chi connectivity index (χ0) is 9.27. The maximum absolute atomic E-state index is 11.9. The number of hydrogen-bond donors (Lipinski definition) is 0. The minimum absolute atomic E-state index is 0.0833. The normalized spacial score (nSPS) is 45.8. The van der Waals surface area contributed by atoms with Crippen LogP contribution < -0.4 is 0 Å². The van der Waals surface area contributed by atoms with Crippen molar-refractivity contribution >= 4 is 29.1 Å². The fourth-order valence-corrected chi connectivity index (χ4v) is 3.20. The Morgan fingerprint density at radius 2 is 2.23 bits per heavy atom. The van der Waals surface area contributed by atoms with Gasteiger partial charge >= 0.3 is 0 Å². The average molecular weight is 222 g/mol. The van der Waals surface area contributed by atoms with Crippen molar-refractivity contribution in [2.45, 2.75) is 23.2 Å². The third-order valence-electron chi connectivity index (χ3n) is 3.33. The second-order valence-electron chi connectivity index (χ2n) is 4.10. The fraction of sp³-hybridized carbons (Fsp3) is 0.875. The second-order valence-corrected chi connectivity index (χ2v) is 5.58. The van der Waals surface area contributed by atoms with E-state index in [4.69, 9.17) is 27.9 Å². The van der Waals surface area contributed by atoms with E-state index in [0.29, 0.717) is 19.8 Å². The Kier molecular flexibility index (Phi) is 1.38. The number of amides is 1. The Balaban J connectivity index is 1.93. The molecule has 3 nitrogen and oxygen atoms in total. The predicted molar refractivity (Wildman–Crippen MR) is 47.6 cm³/mol. The molecule has 2 aliphatic heterocycles. The Morgan fingerprint density at radius 1 is 1.54 bits per heavy atom. The molecule has 0 aromatic heterocycles. The molecule has 1 saturated carbocycles. The summed E-state index contributed by atoms with van der Waals surface area (Å²) in [6.45, 7) is 1.05. The van der Waals surface area contributed by atoms with Gasteiger partial charge in [-0.1, -0.05) is 0 Å². The van der Waals surface area contributed by atoms with Crippen molar-refractivity contribution in [3.05, 3.63) is 0 Å². The van der Waals surface area contributed by atoms with Crippen molar-refractivity contribution in [1.29, 1.82) is 0 Å². The molecule has 2 atom stereocenters. The van der Waals surface area contributed by atoms with E-state index in [1.165, 1.54) is 0 Å². The maximum Gasteiger partial charge on any atom is 0.234 e. The molecule has 2 saturated heterocycles. The first-order chi connectivity index (χ1) is 6.07. The molecule has 2 heterocycles. The van der Waals surface area contributed by atoms with Crippen LogP contribution in [0.4, 0.5) is 0 Å². The fourth-order valence-electron chi connectivity index (χ4n) is 2.43. The van der Waals surface area contributed by atoms with Gasteiger partial charge in [-0.2, -0.15) is 0 Å². The van der Waals surface area contributed by atoms with Gasteiger partial charge in [-0.15, -0.1) is 23.2 Å². The number of carbonyl (C=O) groups is 1. The van der Waals surface area contributed by atoms with E-state index in [0.717, 1.165) is 6.42 Å². The van der Waals surface area contributed by atoms with Crippen molar-refractivity contribution in [1.82, 2.24) is 4.90 Å². The van der Waals surface area contributed by atoms with Gasteiger partial charge in [-0.25, -0.2) is 0 Å². The zero-order valence-corrected chi connectivity index (χ0v) is 8.44. The third-order valence-corrected chi connectivity index (χ3v) is 4.33. The van der Waals surface area contributed by atoms with E-state index in [-0.39, 0.29) is 11.9 Å². The second kappa shape index (κ2) is 2.15. The lowest BCUT2D eigenvalue weighted by Crippen LogP contribution is -2.30. The molecule has 3 rings (SSSR count). The van der Waals surface area contributed by atoms with Crippen molar-refractivity contribution in [2.24, 2.45) is 5.41 Å². The molecule has 0 bridgehead atoms. The topological polar surface area (TPSA) is 29.5 Å². The number of carbonyl (C=O) groups excluding carboxylic acids is 1. The molecule has 0 aromatic carbocycles. The minimum Gasteiger partial charge on any atom is -0.359 e. The van der Waals surface area contributed by atoms with Gasteiger partial charge in [0.05, 0.1) is 18.1 Å². The third kappa shape index (κ3) is 0.833. The van der Waals surface area contributed by atoms with Crippen LogP contribution in [0.5, 0.6) is 0 Å². The smallest absolute Gasteiger partial charge is 0.234 e. The summed E-state index contributed by atoms with van der Waals surface area (Å²) in [6.07, 6.45) is 1.37. The van der Waals surface area contributed by atoms with Crippen LogP contribution in [0.15, 0.2) is 0 Å². The number of fused-ring (bicyclic) bond motifs is 1. The summed E-state index contributed by atoms with van der Waals surface area (Å²) in [6, 6.07) is 0.215. The summed E-state index contributed by atoms with van der Waals surface area (Å²) in [5.41, 5.74) is -0.468. The van der Waals surface area contributed by atoms with Crippen LogP contribution in [-0.2, 0) is 9.53 Å². The molecule has 13 heavy (non-hydrogen) atoms. The van der Waals surface area contributed by atoms with Crippen molar-refractivity contribution in [3.8, 4) is 0 Å². The number of rotatable bonds is 0. The van der Waals surface area contributed by atoms with Crippen LogP contribution >= 0.6 is 23.2 Å². The van der Waals surface area contributed by atoms with Gasteiger partial charge in [0.25, 0.3) is 0 Å². The molecule has 0 aromatic rings. The zero-order valence-electron chi connectivity index (χ0n) is 6.93. The lowest BCUT2D eigenvalue weighted by Gasteiger charge is -2.12. The van der Waals surface area contributed by atoms with Crippen LogP contribution in [0, 0.1) is 5.41 Å². The van der Waals surface area contributed by atoms with Gasteiger partial charge in [0.1, 0.15) is 11.1 Å². The van der Waals surface area contributed by atoms with E-state index in [1.54, 1.807) is 4.90 Å². The quantitative estimate of drug-likeness (QED) is 0.575. The Bertz CT molecular complexity index is 294. The van der Waals surface area contributed by atoms with E-state index in [9.17, 15) is 4.79 Å². The molecule has 2 unspecified atom stereocenters. The highest BCUT2D eigenvalue weighted by Gasteiger charge is 2.76. The van der Waals surface area contributed by atoms with E-state index in [1.807, 2.05) is 0 Å². The Labute approximate surface area is 85.9 Å². The van der Waals surface area contributed by atoms with Gasteiger partial charge in [0.2, 0.25) is 5.91 Å². The number of nitrogens with zero attached hydrogens (tertiary/aromatic N) is 1. The van der Waals surface area contributed by atoms with Crippen molar-refractivity contribution < 1.29 is 9.53 Å². The average Bonchev–Trinajstić information content (AvgIpc) is 2.46. The summed E-state index contributed by atoms with van der Waals surface area (Å²) in [7, 11) is 0. The highest BCUT2D eigenvalue weighted by atomic mass is 35.5. The van der Waals surface area contributed by atoms with E-state index >= 15 is 0 Å². The standard InChI is InChI=1S/C8H9Cl2NO2/c9-8(10)3-7(8)1-5-2-13-4-11(5)6(7)12/h5H,1-4H2. The van der Waals surface area contributed by atoms with Crippen LogP contribution in [0.25, 0.3) is 0 Å². The molecule has 3 fully saturated rings. The molecule has 5 heteroatoms. The first kappa shape index (κ1) is 8.33. The molecule has 1 amide bonds. The molecule has 72 valence electrons.